The van der Waals surface area contributed by atoms with Crippen LogP contribution >= 0.6 is 12.4 Å². The van der Waals surface area contributed by atoms with E-state index in [1.807, 2.05) is 0 Å². The van der Waals surface area contributed by atoms with Crippen LogP contribution < -0.4 is 10.6 Å². The summed E-state index contributed by atoms with van der Waals surface area (Å²) in [7, 11) is 1.66. The molecule has 1 aliphatic heterocycles. The van der Waals surface area contributed by atoms with Gasteiger partial charge in [0.1, 0.15) is 0 Å². The van der Waals surface area contributed by atoms with E-state index < -0.39 is 17.5 Å². The lowest BCUT2D eigenvalue weighted by Crippen LogP contribution is -2.49. The van der Waals surface area contributed by atoms with E-state index >= 15 is 0 Å². The molecular weight excluding hydrogens is 342 g/mol. The first-order chi connectivity index (χ1) is 11.0. The molecule has 0 unspecified atom stereocenters. The molecule has 0 radical (unpaired) electrons. The van der Waals surface area contributed by atoms with Crippen LogP contribution in [0.15, 0.2) is 18.2 Å². The Kier molecular flexibility index (Phi) is 8.03. The van der Waals surface area contributed by atoms with E-state index in [1.54, 1.807) is 16.8 Å². The highest BCUT2D eigenvalue weighted by atomic mass is 35.5. The van der Waals surface area contributed by atoms with Crippen LogP contribution in [0.3, 0.4) is 0 Å². The minimum Gasteiger partial charge on any atom is -0.339 e. The molecular formula is C15H21ClF2N4O2. The Balaban J connectivity index is 0.00000288. The normalized spacial score (nSPS) is 14.2. The molecule has 1 heterocycles. The highest BCUT2D eigenvalue weighted by molar-refractivity contribution is 5.92. The number of likely N-dealkylation sites (N-methyl/N-ethyl adjacent to an activating group) is 1. The van der Waals surface area contributed by atoms with Gasteiger partial charge in [-0.1, -0.05) is 0 Å². The predicted octanol–water partition coefficient (Wildman–Crippen LogP) is 0.689. The Labute approximate surface area is 145 Å². The number of rotatable bonds is 5. The van der Waals surface area contributed by atoms with Gasteiger partial charge >= 0.3 is 0 Å². The second kappa shape index (κ2) is 9.51. The number of nitrogens with zero attached hydrogens (tertiary/aromatic N) is 2. The Morgan fingerprint density at radius 1 is 1.21 bits per heavy atom. The first-order valence-electron chi connectivity index (χ1n) is 7.37. The van der Waals surface area contributed by atoms with Gasteiger partial charge in [-0.2, -0.15) is 0 Å². The van der Waals surface area contributed by atoms with Crippen LogP contribution in [-0.2, 0) is 9.59 Å². The monoisotopic (exact) mass is 362 g/mol. The molecule has 134 valence electrons. The van der Waals surface area contributed by atoms with Gasteiger partial charge < -0.3 is 15.5 Å². The molecule has 0 bridgehead atoms. The Bertz CT molecular complexity index is 583. The van der Waals surface area contributed by atoms with E-state index in [-0.39, 0.29) is 37.1 Å². The molecule has 1 aromatic carbocycles. The number of carbonyl (C=O) groups is 2. The summed E-state index contributed by atoms with van der Waals surface area (Å²) in [5.41, 5.74) is 0.177. The van der Waals surface area contributed by atoms with Gasteiger partial charge in [0.15, 0.2) is 11.6 Å². The molecule has 2 rings (SSSR count). The lowest BCUT2D eigenvalue weighted by molar-refractivity contribution is -0.133. The van der Waals surface area contributed by atoms with Crippen LogP contribution in [0.2, 0.25) is 0 Å². The van der Waals surface area contributed by atoms with E-state index in [0.29, 0.717) is 13.1 Å². The van der Waals surface area contributed by atoms with Gasteiger partial charge in [-0.25, -0.2) is 8.78 Å². The standard InChI is InChI=1S/C15H20F2N4O2.ClH/c1-20(10-15(23)21-6-4-18-5-7-21)9-14(22)19-11-2-3-12(16)13(17)8-11;/h2-3,8,18H,4-7,9-10H2,1H3,(H,19,22);1H. The van der Waals surface area contributed by atoms with Crippen molar-refractivity contribution in [2.24, 2.45) is 0 Å². The van der Waals surface area contributed by atoms with Crippen molar-refractivity contribution in [2.45, 2.75) is 0 Å². The van der Waals surface area contributed by atoms with E-state index in [9.17, 15) is 18.4 Å². The zero-order valence-electron chi connectivity index (χ0n) is 13.3. The van der Waals surface area contributed by atoms with Gasteiger partial charge in [0.05, 0.1) is 13.1 Å². The molecule has 0 saturated carbocycles. The average molecular weight is 363 g/mol. The minimum absolute atomic E-state index is 0. The number of carbonyl (C=O) groups excluding carboxylic acids is 2. The van der Waals surface area contributed by atoms with Crippen molar-refractivity contribution in [1.29, 1.82) is 0 Å². The molecule has 6 nitrogen and oxygen atoms in total. The molecule has 0 spiro atoms. The minimum atomic E-state index is -1.02. The molecule has 1 fully saturated rings. The fourth-order valence-electron chi connectivity index (χ4n) is 2.32. The lowest BCUT2D eigenvalue weighted by Gasteiger charge is -2.29. The van der Waals surface area contributed by atoms with Crippen LogP contribution in [0.25, 0.3) is 0 Å². The largest absolute Gasteiger partial charge is 0.339 e. The number of piperazine rings is 1. The molecule has 0 atom stereocenters. The third kappa shape index (κ3) is 6.03. The number of hydrogen-bond donors (Lipinski definition) is 2. The maximum atomic E-state index is 13.1. The van der Waals surface area contributed by atoms with Crippen molar-refractivity contribution in [3.05, 3.63) is 29.8 Å². The first-order valence-corrected chi connectivity index (χ1v) is 7.37. The van der Waals surface area contributed by atoms with Crippen molar-refractivity contribution in [3.8, 4) is 0 Å². The zero-order valence-corrected chi connectivity index (χ0v) is 14.2. The molecule has 1 aromatic rings. The van der Waals surface area contributed by atoms with Crippen molar-refractivity contribution in [2.75, 3.05) is 51.6 Å². The van der Waals surface area contributed by atoms with Gasteiger partial charge in [0.25, 0.3) is 0 Å². The molecule has 2 amide bonds. The Hall–Kier alpha value is -1.77. The van der Waals surface area contributed by atoms with E-state index in [4.69, 9.17) is 0 Å². The molecule has 0 aromatic heterocycles. The lowest BCUT2D eigenvalue weighted by atomic mass is 10.3. The summed E-state index contributed by atoms with van der Waals surface area (Å²) in [6.45, 7) is 2.97. The summed E-state index contributed by atoms with van der Waals surface area (Å²) in [4.78, 5) is 27.3. The van der Waals surface area contributed by atoms with Gasteiger partial charge in [0, 0.05) is 37.9 Å². The van der Waals surface area contributed by atoms with Crippen LogP contribution in [-0.4, -0.2) is 67.9 Å². The summed E-state index contributed by atoms with van der Waals surface area (Å²) in [5.74, 6) is -2.42. The third-order valence-corrected chi connectivity index (χ3v) is 3.49. The SMILES string of the molecule is CN(CC(=O)Nc1ccc(F)c(F)c1)CC(=O)N1CCNCC1.Cl. The highest BCUT2D eigenvalue weighted by Gasteiger charge is 2.18. The summed E-state index contributed by atoms with van der Waals surface area (Å²) >= 11 is 0. The number of benzene rings is 1. The zero-order chi connectivity index (χ0) is 16.8. The smallest absolute Gasteiger partial charge is 0.238 e. The fourth-order valence-corrected chi connectivity index (χ4v) is 2.32. The number of nitrogens with one attached hydrogen (secondary N) is 2. The molecule has 1 aliphatic rings. The average Bonchev–Trinajstić information content (AvgIpc) is 2.51. The van der Waals surface area contributed by atoms with Crippen LogP contribution in [0.4, 0.5) is 14.5 Å². The second-order valence-electron chi connectivity index (χ2n) is 5.48. The molecule has 24 heavy (non-hydrogen) atoms. The molecule has 0 aliphatic carbocycles. The Morgan fingerprint density at radius 2 is 1.88 bits per heavy atom. The first kappa shape index (κ1) is 20.3. The van der Waals surface area contributed by atoms with E-state index in [2.05, 4.69) is 10.6 Å². The molecule has 1 saturated heterocycles. The fraction of sp³-hybridized carbons (Fsp3) is 0.467. The van der Waals surface area contributed by atoms with Crippen molar-refractivity contribution < 1.29 is 18.4 Å². The Morgan fingerprint density at radius 3 is 2.50 bits per heavy atom. The molecule has 9 heteroatoms. The van der Waals surface area contributed by atoms with Gasteiger partial charge in [-0.05, 0) is 19.2 Å². The maximum absolute atomic E-state index is 13.1. The van der Waals surface area contributed by atoms with Crippen molar-refractivity contribution in [3.63, 3.8) is 0 Å². The summed E-state index contributed by atoms with van der Waals surface area (Å²) in [6.07, 6.45) is 0. The number of hydrogen-bond acceptors (Lipinski definition) is 4. The number of amides is 2. The van der Waals surface area contributed by atoms with Crippen LogP contribution in [0, 0.1) is 11.6 Å². The van der Waals surface area contributed by atoms with Gasteiger partial charge in [-0.15, -0.1) is 12.4 Å². The van der Waals surface area contributed by atoms with Crippen molar-refractivity contribution >= 4 is 29.9 Å². The summed E-state index contributed by atoms with van der Waals surface area (Å²) in [6, 6.07) is 3.14. The third-order valence-electron chi connectivity index (χ3n) is 3.49. The van der Waals surface area contributed by atoms with E-state index in [1.165, 1.54) is 6.07 Å². The van der Waals surface area contributed by atoms with Crippen molar-refractivity contribution in [1.82, 2.24) is 15.1 Å². The van der Waals surface area contributed by atoms with Gasteiger partial charge in [-0.3, -0.25) is 14.5 Å². The number of anilines is 1. The summed E-state index contributed by atoms with van der Waals surface area (Å²) in [5, 5.41) is 5.63. The topological polar surface area (TPSA) is 64.7 Å². The molecule has 2 N–H and O–H groups in total. The second-order valence-corrected chi connectivity index (χ2v) is 5.48. The predicted molar refractivity (Wildman–Crippen MR) is 89.2 cm³/mol. The van der Waals surface area contributed by atoms with Crippen LogP contribution in [0.1, 0.15) is 0 Å². The van der Waals surface area contributed by atoms with Crippen LogP contribution in [0.5, 0.6) is 0 Å². The quantitative estimate of drug-likeness (QED) is 0.809. The highest BCUT2D eigenvalue weighted by Crippen LogP contribution is 2.12. The summed E-state index contributed by atoms with van der Waals surface area (Å²) < 4.78 is 25.9. The van der Waals surface area contributed by atoms with Gasteiger partial charge in [0.2, 0.25) is 11.8 Å². The number of halogens is 3. The maximum Gasteiger partial charge on any atom is 0.238 e. The van der Waals surface area contributed by atoms with E-state index in [0.717, 1.165) is 25.2 Å².